The van der Waals surface area contributed by atoms with Gasteiger partial charge in [0.1, 0.15) is 11.5 Å². The molecule has 2 aromatic heterocycles. The van der Waals surface area contributed by atoms with Crippen molar-refractivity contribution >= 4 is 34.6 Å². The van der Waals surface area contributed by atoms with Crippen LogP contribution in [-0.4, -0.2) is 14.7 Å². The molecule has 0 saturated carbocycles. The first kappa shape index (κ1) is 27.1. The summed E-state index contributed by atoms with van der Waals surface area (Å²) in [6.45, 7) is 8.47. The van der Waals surface area contributed by atoms with Crippen molar-refractivity contribution in [3.8, 4) is 17.2 Å². The van der Waals surface area contributed by atoms with E-state index in [4.69, 9.17) is 33.5 Å². The molecule has 1 fully saturated rings. The maximum Gasteiger partial charge on any atom is 0.174 e. The number of ether oxygens (including phenoxy) is 1. The molecule has 1 saturated heterocycles. The van der Waals surface area contributed by atoms with Crippen molar-refractivity contribution < 1.29 is 4.74 Å². The smallest absolute Gasteiger partial charge is 0.174 e. The number of halogens is 1. The number of hydrogen-bond donors (Lipinski definition) is 1. The van der Waals surface area contributed by atoms with Crippen LogP contribution < -0.4 is 15.0 Å². The fourth-order valence-electron chi connectivity index (χ4n) is 5.65. The second kappa shape index (κ2) is 11.0. The average molecular weight is 579 g/mol. The second-order valence-electron chi connectivity index (χ2n) is 10.5. The Kier molecular flexibility index (Phi) is 7.28. The Bertz CT molecular complexity index is 1710. The van der Waals surface area contributed by atoms with Gasteiger partial charge >= 0.3 is 0 Å². The second-order valence-corrected chi connectivity index (χ2v) is 11.3. The normalized spacial score (nSPS) is 16.6. The Hall–Kier alpha value is -4.13. The Balaban J connectivity index is 1.42. The number of benzene rings is 3. The van der Waals surface area contributed by atoms with Crippen LogP contribution in [0.4, 0.5) is 5.69 Å². The molecule has 0 radical (unpaired) electrons. The van der Waals surface area contributed by atoms with Gasteiger partial charge in [-0.1, -0.05) is 41.4 Å². The Morgan fingerprint density at radius 1 is 0.854 bits per heavy atom. The van der Waals surface area contributed by atoms with Crippen LogP contribution in [0, 0.1) is 27.7 Å². The van der Waals surface area contributed by atoms with Gasteiger partial charge < -0.3 is 19.5 Å². The van der Waals surface area contributed by atoms with Gasteiger partial charge in [0.05, 0.1) is 17.8 Å². The van der Waals surface area contributed by atoms with E-state index in [9.17, 15) is 0 Å². The van der Waals surface area contributed by atoms with Gasteiger partial charge in [0.25, 0.3) is 0 Å². The van der Waals surface area contributed by atoms with Crippen LogP contribution in [0.1, 0.15) is 45.9 Å². The van der Waals surface area contributed by atoms with Crippen LogP contribution in [0.25, 0.3) is 5.69 Å². The molecule has 0 spiro atoms. The van der Waals surface area contributed by atoms with Gasteiger partial charge in [-0.3, -0.25) is 4.98 Å². The Labute approximate surface area is 251 Å². The third kappa shape index (κ3) is 5.21. The third-order valence-electron chi connectivity index (χ3n) is 7.67. The number of aromatic nitrogens is 2. The molecule has 7 heteroatoms. The summed E-state index contributed by atoms with van der Waals surface area (Å²) < 4.78 is 8.38. The van der Waals surface area contributed by atoms with Crippen molar-refractivity contribution in [1.82, 2.24) is 14.9 Å². The number of nitrogens with one attached hydrogen (secondary N) is 1. The zero-order chi connectivity index (χ0) is 28.7. The molecule has 0 amide bonds. The lowest BCUT2D eigenvalue weighted by molar-refractivity contribution is 0.482. The van der Waals surface area contributed by atoms with Gasteiger partial charge in [0.2, 0.25) is 0 Å². The highest BCUT2D eigenvalue weighted by Crippen LogP contribution is 2.44. The van der Waals surface area contributed by atoms with Gasteiger partial charge in [-0.15, -0.1) is 0 Å². The molecule has 0 unspecified atom stereocenters. The van der Waals surface area contributed by atoms with Crippen LogP contribution in [0.15, 0.2) is 97.2 Å². The average Bonchev–Trinajstić information content (AvgIpc) is 3.47. The minimum Gasteiger partial charge on any atom is -0.457 e. The van der Waals surface area contributed by atoms with E-state index in [1.807, 2.05) is 66.9 Å². The molecule has 2 atom stereocenters. The first-order chi connectivity index (χ1) is 19.8. The number of aryl methyl sites for hydroxylation is 3. The highest BCUT2D eigenvalue weighted by molar-refractivity contribution is 7.80. The lowest BCUT2D eigenvalue weighted by atomic mass is 9.96. The monoisotopic (exact) mass is 578 g/mol. The van der Waals surface area contributed by atoms with Gasteiger partial charge in [0, 0.05) is 34.0 Å². The molecule has 0 aliphatic carbocycles. The first-order valence-electron chi connectivity index (χ1n) is 13.6. The van der Waals surface area contributed by atoms with E-state index in [2.05, 4.69) is 72.8 Å². The molecule has 1 aliphatic rings. The SMILES string of the molecule is Cc1ccc(Oc2ccc(N3C(=S)N[C@@H](c4ccccn4)[C@@H]3c3cc(C)n(-c4cc(Cl)ccc4C)c3C)cc2)cc1. The van der Waals surface area contributed by atoms with E-state index < -0.39 is 0 Å². The van der Waals surface area contributed by atoms with Gasteiger partial charge in [0.15, 0.2) is 5.11 Å². The molecule has 206 valence electrons. The molecule has 6 rings (SSSR count). The topological polar surface area (TPSA) is 42.3 Å². The summed E-state index contributed by atoms with van der Waals surface area (Å²) in [5.74, 6) is 1.57. The molecule has 5 nitrogen and oxygen atoms in total. The summed E-state index contributed by atoms with van der Waals surface area (Å²) >= 11 is 12.4. The van der Waals surface area contributed by atoms with Crippen LogP contribution in [-0.2, 0) is 0 Å². The van der Waals surface area contributed by atoms with Crippen molar-refractivity contribution in [2.24, 2.45) is 0 Å². The maximum atomic E-state index is 6.43. The summed E-state index contributed by atoms with van der Waals surface area (Å²) in [6.07, 6.45) is 1.83. The summed E-state index contributed by atoms with van der Waals surface area (Å²) in [4.78, 5) is 6.91. The number of nitrogens with zero attached hydrogens (tertiary/aromatic N) is 3. The summed E-state index contributed by atoms with van der Waals surface area (Å²) in [5.41, 5.74) is 8.77. The zero-order valence-electron chi connectivity index (χ0n) is 23.4. The predicted octanol–water partition coefficient (Wildman–Crippen LogP) is 8.73. The minimum absolute atomic E-state index is 0.124. The molecule has 3 heterocycles. The van der Waals surface area contributed by atoms with Crippen LogP contribution in [0.5, 0.6) is 11.5 Å². The van der Waals surface area contributed by atoms with Crippen molar-refractivity contribution in [3.63, 3.8) is 0 Å². The molecule has 5 aromatic rings. The van der Waals surface area contributed by atoms with Crippen LogP contribution in [0.2, 0.25) is 5.02 Å². The van der Waals surface area contributed by atoms with E-state index in [-0.39, 0.29) is 12.1 Å². The molecule has 1 N–H and O–H groups in total. The van der Waals surface area contributed by atoms with Crippen molar-refractivity contribution in [1.29, 1.82) is 0 Å². The zero-order valence-corrected chi connectivity index (χ0v) is 25.0. The molecule has 1 aliphatic heterocycles. The fraction of sp³-hybridized carbons (Fsp3) is 0.176. The van der Waals surface area contributed by atoms with Crippen molar-refractivity contribution in [3.05, 3.63) is 136 Å². The van der Waals surface area contributed by atoms with E-state index >= 15 is 0 Å². The Morgan fingerprint density at radius 3 is 2.24 bits per heavy atom. The van der Waals surface area contributed by atoms with Crippen molar-refractivity contribution in [2.45, 2.75) is 39.8 Å². The molecule has 41 heavy (non-hydrogen) atoms. The summed E-state index contributed by atoms with van der Waals surface area (Å²) in [6, 6.07) is 30.2. The standard InChI is InChI=1S/C34H31ClN4OS/c1-21-8-14-27(15-9-21)40-28-16-12-26(13-17-28)39-33(32(37-34(39)41)30-7-5-6-18-36-30)29-19-23(3)38(24(29)4)31-20-25(35)11-10-22(31)2/h5-20,32-33H,1-4H3,(H,37,41)/t32-,33-/m0/s1. The van der Waals surface area contributed by atoms with E-state index in [1.54, 1.807) is 0 Å². The summed E-state index contributed by atoms with van der Waals surface area (Å²) in [5, 5.41) is 4.94. The minimum atomic E-state index is -0.137. The highest BCUT2D eigenvalue weighted by Gasteiger charge is 2.42. The van der Waals surface area contributed by atoms with Crippen LogP contribution in [0.3, 0.4) is 0 Å². The number of rotatable bonds is 6. The highest BCUT2D eigenvalue weighted by atomic mass is 35.5. The van der Waals surface area contributed by atoms with Crippen molar-refractivity contribution in [2.75, 3.05) is 4.90 Å². The molecular formula is C34H31ClN4OS. The predicted molar refractivity (Wildman–Crippen MR) is 171 cm³/mol. The molecule has 0 bridgehead atoms. The number of hydrogen-bond acceptors (Lipinski definition) is 3. The van der Waals surface area contributed by atoms with E-state index in [0.717, 1.165) is 45.5 Å². The Morgan fingerprint density at radius 2 is 1.56 bits per heavy atom. The van der Waals surface area contributed by atoms with Gasteiger partial charge in [-0.25, -0.2) is 0 Å². The fourth-order valence-corrected chi connectivity index (χ4v) is 6.16. The lowest BCUT2D eigenvalue weighted by Gasteiger charge is -2.28. The third-order valence-corrected chi connectivity index (χ3v) is 8.22. The lowest BCUT2D eigenvalue weighted by Crippen LogP contribution is -2.29. The first-order valence-corrected chi connectivity index (χ1v) is 14.4. The van der Waals surface area contributed by atoms with Crippen LogP contribution >= 0.6 is 23.8 Å². The van der Waals surface area contributed by atoms with Gasteiger partial charge in [-0.05, 0) is 118 Å². The quantitative estimate of drug-likeness (QED) is 0.204. The van der Waals surface area contributed by atoms with Gasteiger partial charge in [-0.2, -0.15) is 0 Å². The largest absolute Gasteiger partial charge is 0.457 e. The maximum absolute atomic E-state index is 6.43. The summed E-state index contributed by atoms with van der Waals surface area (Å²) in [7, 11) is 0. The van der Waals surface area contributed by atoms with E-state index in [1.165, 1.54) is 11.1 Å². The number of pyridine rings is 1. The molecule has 3 aromatic carbocycles. The molecular weight excluding hydrogens is 548 g/mol. The van der Waals surface area contributed by atoms with E-state index in [0.29, 0.717) is 10.1 Å². The number of thiocarbonyl (C=S) groups is 1. The number of anilines is 1.